The lowest BCUT2D eigenvalue weighted by molar-refractivity contribution is 0.0976. The maximum Gasteiger partial charge on any atom is 0.257 e. The highest BCUT2D eigenvalue weighted by Gasteiger charge is 2.11. The van der Waals surface area contributed by atoms with Crippen LogP contribution in [0.4, 0.5) is 0 Å². The largest absolute Gasteiger partial charge is 0.490 e. The molecule has 0 saturated heterocycles. The summed E-state index contributed by atoms with van der Waals surface area (Å²) in [4.78, 5) is 12.1. The Bertz CT molecular complexity index is 524. The van der Waals surface area contributed by atoms with Gasteiger partial charge in [-0.2, -0.15) is 0 Å². The first-order valence-electron chi connectivity index (χ1n) is 6.98. The van der Waals surface area contributed by atoms with E-state index in [0.717, 1.165) is 10.9 Å². The smallest absolute Gasteiger partial charge is 0.257 e. The Morgan fingerprint density at radius 2 is 2.14 bits per heavy atom. The number of thiocarbonyl (C=S) groups is 1. The molecule has 0 aliphatic rings. The molecular formula is C15H21BrN2O3S. The molecule has 0 unspecified atom stereocenters. The van der Waals surface area contributed by atoms with Gasteiger partial charge in [-0.3, -0.25) is 10.1 Å². The average molecular weight is 389 g/mol. The summed E-state index contributed by atoms with van der Waals surface area (Å²) in [6, 6.07) is 5.17. The van der Waals surface area contributed by atoms with Crippen LogP contribution in [0.15, 0.2) is 22.7 Å². The van der Waals surface area contributed by atoms with Crippen molar-refractivity contribution >= 4 is 39.2 Å². The van der Waals surface area contributed by atoms with E-state index in [1.165, 1.54) is 0 Å². The van der Waals surface area contributed by atoms with Gasteiger partial charge >= 0.3 is 0 Å². The first-order chi connectivity index (χ1) is 10.4. The minimum atomic E-state index is -0.263. The standard InChI is InChI=1S/C15H21BrN2O3S/c1-10(2)21-13-6-5-11(9-12(13)16)14(19)18-15(22)17-7-4-8-20-3/h5-6,9-10H,4,7-8H2,1-3H3,(H2,17,18,19,22). The second-order valence-electron chi connectivity index (χ2n) is 4.87. The molecule has 0 heterocycles. The number of halogens is 1. The van der Waals surface area contributed by atoms with Gasteiger partial charge < -0.3 is 14.8 Å². The summed E-state index contributed by atoms with van der Waals surface area (Å²) in [6.45, 7) is 5.19. The van der Waals surface area contributed by atoms with E-state index in [0.29, 0.717) is 29.6 Å². The van der Waals surface area contributed by atoms with E-state index < -0.39 is 0 Å². The summed E-state index contributed by atoms with van der Waals surface area (Å²) in [5, 5.41) is 5.90. The summed E-state index contributed by atoms with van der Waals surface area (Å²) in [5.74, 6) is 0.438. The van der Waals surface area contributed by atoms with Crippen LogP contribution < -0.4 is 15.4 Å². The van der Waals surface area contributed by atoms with Gasteiger partial charge in [0.25, 0.3) is 5.91 Å². The first-order valence-corrected chi connectivity index (χ1v) is 8.18. The molecule has 1 aromatic rings. The van der Waals surface area contributed by atoms with Gasteiger partial charge in [-0.25, -0.2) is 0 Å². The average Bonchev–Trinajstić information content (AvgIpc) is 2.45. The summed E-state index contributed by atoms with van der Waals surface area (Å²) in [7, 11) is 1.64. The van der Waals surface area contributed by atoms with Gasteiger partial charge in [-0.1, -0.05) is 0 Å². The topological polar surface area (TPSA) is 59.6 Å². The van der Waals surface area contributed by atoms with Crippen molar-refractivity contribution in [3.8, 4) is 5.75 Å². The highest BCUT2D eigenvalue weighted by Crippen LogP contribution is 2.26. The van der Waals surface area contributed by atoms with E-state index >= 15 is 0 Å². The molecule has 0 saturated carbocycles. The maximum atomic E-state index is 12.1. The van der Waals surface area contributed by atoms with E-state index in [-0.39, 0.29) is 12.0 Å². The number of nitrogens with one attached hydrogen (secondary N) is 2. The minimum Gasteiger partial charge on any atom is -0.490 e. The van der Waals surface area contributed by atoms with E-state index in [4.69, 9.17) is 21.7 Å². The lowest BCUT2D eigenvalue weighted by Crippen LogP contribution is -2.39. The molecule has 0 aromatic heterocycles. The van der Waals surface area contributed by atoms with Crippen LogP contribution in [0.3, 0.4) is 0 Å². The Morgan fingerprint density at radius 1 is 1.41 bits per heavy atom. The number of methoxy groups -OCH3 is 1. The van der Waals surface area contributed by atoms with Crippen LogP contribution in [0.5, 0.6) is 5.75 Å². The van der Waals surface area contributed by atoms with E-state index in [9.17, 15) is 4.79 Å². The number of carbonyl (C=O) groups excluding carboxylic acids is 1. The van der Waals surface area contributed by atoms with Crippen molar-refractivity contribution in [3.05, 3.63) is 28.2 Å². The lowest BCUT2D eigenvalue weighted by Gasteiger charge is -2.13. The molecule has 0 aliphatic heterocycles. The number of rotatable bonds is 7. The molecule has 5 nitrogen and oxygen atoms in total. The summed E-state index contributed by atoms with van der Waals surface area (Å²) in [5.41, 5.74) is 0.504. The van der Waals surface area contributed by atoms with Gasteiger partial charge in [0.2, 0.25) is 0 Å². The van der Waals surface area contributed by atoms with Crippen molar-refractivity contribution in [1.82, 2.24) is 10.6 Å². The number of ether oxygens (including phenoxy) is 2. The Kier molecular flexibility index (Phi) is 8.37. The number of amides is 1. The molecule has 1 amide bonds. The number of hydrogen-bond donors (Lipinski definition) is 2. The third-order valence-corrected chi connectivity index (χ3v) is 3.46. The monoisotopic (exact) mass is 388 g/mol. The van der Waals surface area contributed by atoms with Crippen molar-refractivity contribution in [3.63, 3.8) is 0 Å². The molecule has 122 valence electrons. The van der Waals surface area contributed by atoms with Crippen molar-refractivity contribution < 1.29 is 14.3 Å². The Labute approximate surface area is 144 Å². The predicted molar refractivity (Wildman–Crippen MR) is 94.5 cm³/mol. The van der Waals surface area contributed by atoms with Crippen LogP contribution in [0, 0.1) is 0 Å². The molecule has 0 atom stereocenters. The zero-order valence-corrected chi connectivity index (χ0v) is 15.3. The van der Waals surface area contributed by atoms with Gasteiger partial charge in [0.05, 0.1) is 10.6 Å². The first kappa shape index (κ1) is 18.9. The molecule has 0 aliphatic carbocycles. The zero-order valence-electron chi connectivity index (χ0n) is 12.9. The molecule has 0 bridgehead atoms. The van der Waals surface area contributed by atoms with Crippen LogP contribution in [0.1, 0.15) is 30.6 Å². The Balaban J connectivity index is 2.55. The highest BCUT2D eigenvalue weighted by molar-refractivity contribution is 9.10. The van der Waals surface area contributed by atoms with Crippen LogP contribution in [0.2, 0.25) is 0 Å². The van der Waals surface area contributed by atoms with Crippen LogP contribution >= 0.6 is 28.1 Å². The molecule has 1 rings (SSSR count). The van der Waals surface area contributed by atoms with Crippen molar-refractivity contribution in [2.75, 3.05) is 20.3 Å². The summed E-state index contributed by atoms with van der Waals surface area (Å²) >= 11 is 8.48. The van der Waals surface area contributed by atoms with Gasteiger partial charge in [0.15, 0.2) is 5.11 Å². The molecule has 0 fully saturated rings. The number of carbonyl (C=O) groups is 1. The van der Waals surface area contributed by atoms with Crippen molar-refractivity contribution in [2.24, 2.45) is 0 Å². The maximum absolute atomic E-state index is 12.1. The van der Waals surface area contributed by atoms with Crippen LogP contribution in [-0.4, -0.2) is 37.4 Å². The lowest BCUT2D eigenvalue weighted by atomic mass is 10.2. The van der Waals surface area contributed by atoms with Gasteiger partial charge in [-0.15, -0.1) is 0 Å². The molecule has 0 radical (unpaired) electrons. The van der Waals surface area contributed by atoms with Gasteiger partial charge in [0, 0.05) is 25.8 Å². The molecular weight excluding hydrogens is 368 g/mol. The normalized spacial score (nSPS) is 10.4. The molecule has 1 aromatic carbocycles. The molecule has 22 heavy (non-hydrogen) atoms. The number of benzene rings is 1. The van der Waals surface area contributed by atoms with E-state index in [1.807, 2.05) is 13.8 Å². The second-order valence-corrected chi connectivity index (χ2v) is 6.13. The zero-order chi connectivity index (χ0) is 16.5. The fraction of sp³-hybridized carbons (Fsp3) is 0.467. The Morgan fingerprint density at radius 3 is 2.73 bits per heavy atom. The quantitative estimate of drug-likeness (QED) is 0.555. The van der Waals surface area contributed by atoms with Crippen LogP contribution in [0.25, 0.3) is 0 Å². The fourth-order valence-electron chi connectivity index (χ4n) is 1.63. The van der Waals surface area contributed by atoms with E-state index in [1.54, 1.807) is 25.3 Å². The molecule has 7 heteroatoms. The SMILES string of the molecule is COCCCNC(=S)NC(=O)c1ccc(OC(C)C)c(Br)c1. The Hall–Kier alpha value is -1.18. The van der Waals surface area contributed by atoms with Crippen molar-refractivity contribution in [1.29, 1.82) is 0 Å². The number of hydrogen-bond acceptors (Lipinski definition) is 4. The summed E-state index contributed by atoms with van der Waals surface area (Å²) in [6.07, 6.45) is 0.888. The third-order valence-electron chi connectivity index (χ3n) is 2.59. The minimum absolute atomic E-state index is 0.0693. The van der Waals surface area contributed by atoms with Gasteiger partial charge in [0.1, 0.15) is 5.75 Å². The second kappa shape index (κ2) is 9.76. The highest BCUT2D eigenvalue weighted by atomic mass is 79.9. The predicted octanol–water partition coefficient (Wildman–Crippen LogP) is 2.88. The molecule has 0 spiro atoms. The van der Waals surface area contributed by atoms with Crippen molar-refractivity contribution in [2.45, 2.75) is 26.4 Å². The molecule has 2 N–H and O–H groups in total. The fourth-order valence-corrected chi connectivity index (χ4v) is 2.30. The van der Waals surface area contributed by atoms with E-state index in [2.05, 4.69) is 26.6 Å². The third kappa shape index (κ3) is 6.72. The van der Waals surface area contributed by atoms with Crippen LogP contribution in [-0.2, 0) is 4.74 Å². The summed E-state index contributed by atoms with van der Waals surface area (Å²) < 4.78 is 11.3. The van der Waals surface area contributed by atoms with Gasteiger partial charge in [-0.05, 0) is 66.6 Å².